The SMILES string of the molecule is COc1cc(C2(C(N)C(=O)O)CC2)ccc1F. The lowest BCUT2D eigenvalue weighted by Crippen LogP contribution is -2.41. The molecule has 4 nitrogen and oxygen atoms in total. The van der Waals surface area contributed by atoms with Gasteiger partial charge in [-0.25, -0.2) is 4.39 Å². The smallest absolute Gasteiger partial charge is 0.321 e. The van der Waals surface area contributed by atoms with E-state index in [4.69, 9.17) is 15.6 Å². The Morgan fingerprint density at radius 1 is 1.59 bits per heavy atom. The third-order valence-electron chi connectivity index (χ3n) is 3.38. The van der Waals surface area contributed by atoms with Crippen molar-refractivity contribution in [3.05, 3.63) is 29.6 Å². The quantitative estimate of drug-likeness (QED) is 0.830. The van der Waals surface area contributed by atoms with E-state index in [0.717, 1.165) is 5.56 Å². The lowest BCUT2D eigenvalue weighted by Gasteiger charge is -2.20. The molecule has 0 spiro atoms. The summed E-state index contributed by atoms with van der Waals surface area (Å²) in [5.74, 6) is -1.38. The van der Waals surface area contributed by atoms with Gasteiger partial charge in [0.1, 0.15) is 6.04 Å². The van der Waals surface area contributed by atoms with Gasteiger partial charge in [0.05, 0.1) is 7.11 Å². The number of ether oxygens (including phenoxy) is 1. The van der Waals surface area contributed by atoms with Crippen molar-refractivity contribution in [3.8, 4) is 5.75 Å². The second kappa shape index (κ2) is 4.00. The van der Waals surface area contributed by atoms with Crippen LogP contribution in [-0.4, -0.2) is 24.2 Å². The van der Waals surface area contributed by atoms with Crippen molar-refractivity contribution in [3.63, 3.8) is 0 Å². The van der Waals surface area contributed by atoms with Crippen LogP contribution in [0.5, 0.6) is 5.75 Å². The first-order valence-electron chi connectivity index (χ1n) is 5.33. The lowest BCUT2D eigenvalue weighted by atomic mass is 9.88. The number of halogens is 1. The maximum absolute atomic E-state index is 13.3. The van der Waals surface area contributed by atoms with Gasteiger partial charge >= 0.3 is 5.97 Å². The largest absolute Gasteiger partial charge is 0.494 e. The molecule has 1 aromatic rings. The molecular weight excluding hydrogens is 225 g/mol. The molecule has 3 N–H and O–H groups in total. The summed E-state index contributed by atoms with van der Waals surface area (Å²) in [6.45, 7) is 0. The summed E-state index contributed by atoms with van der Waals surface area (Å²) in [6.07, 6.45) is 1.41. The minimum Gasteiger partial charge on any atom is -0.494 e. The Labute approximate surface area is 98.2 Å². The second-order valence-electron chi connectivity index (χ2n) is 4.32. The van der Waals surface area contributed by atoms with E-state index < -0.39 is 23.2 Å². The number of methoxy groups -OCH3 is 1. The highest BCUT2D eigenvalue weighted by molar-refractivity contribution is 5.77. The third kappa shape index (κ3) is 1.86. The molecule has 0 aromatic heterocycles. The number of carbonyl (C=O) groups is 1. The minimum absolute atomic E-state index is 0.117. The molecule has 0 heterocycles. The molecule has 92 valence electrons. The molecule has 2 rings (SSSR count). The van der Waals surface area contributed by atoms with Gasteiger partial charge in [0.15, 0.2) is 11.6 Å². The van der Waals surface area contributed by atoms with E-state index in [1.54, 1.807) is 6.07 Å². The predicted octanol–water partition coefficient (Wildman–Crippen LogP) is 1.28. The summed E-state index contributed by atoms with van der Waals surface area (Å²) < 4.78 is 18.2. The number of benzene rings is 1. The van der Waals surface area contributed by atoms with Crippen molar-refractivity contribution < 1.29 is 19.0 Å². The van der Waals surface area contributed by atoms with Gasteiger partial charge in [0.2, 0.25) is 0 Å². The van der Waals surface area contributed by atoms with Gasteiger partial charge in [-0.05, 0) is 30.5 Å². The highest BCUT2D eigenvalue weighted by Gasteiger charge is 2.52. The summed E-state index contributed by atoms with van der Waals surface area (Å²) in [5.41, 5.74) is 5.85. The van der Waals surface area contributed by atoms with Crippen LogP contribution in [0.4, 0.5) is 4.39 Å². The number of carboxylic acid groups (broad SMARTS) is 1. The number of hydrogen-bond acceptors (Lipinski definition) is 3. The molecular formula is C12H14FNO3. The number of hydrogen-bond donors (Lipinski definition) is 2. The molecule has 17 heavy (non-hydrogen) atoms. The Morgan fingerprint density at radius 2 is 2.24 bits per heavy atom. The minimum atomic E-state index is -1.04. The number of nitrogens with two attached hydrogens (primary N) is 1. The molecule has 1 unspecified atom stereocenters. The van der Waals surface area contributed by atoms with Gasteiger partial charge in [0.25, 0.3) is 0 Å². The number of rotatable bonds is 4. The van der Waals surface area contributed by atoms with Crippen LogP contribution in [-0.2, 0) is 10.2 Å². The van der Waals surface area contributed by atoms with E-state index in [2.05, 4.69) is 0 Å². The van der Waals surface area contributed by atoms with Crippen molar-refractivity contribution >= 4 is 5.97 Å². The van der Waals surface area contributed by atoms with E-state index in [1.165, 1.54) is 19.2 Å². The van der Waals surface area contributed by atoms with Crippen LogP contribution in [0.15, 0.2) is 18.2 Å². The topological polar surface area (TPSA) is 72.5 Å². The van der Waals surface area contributed by atoms with Crippen molar-refractivity contribution in [1.29, 1.82) is 0 Å². The van der Waals surface area contributed by atoms with Crippen molar-refractivity contribution in [2.75, 3.05) is 7.11 Å². The number of carboxylic acids is 1. The van der Waals surface area contributed by atoms with E-state index in [9.17, 15) is 9.18 Å². The maximum atomic E-state index is 13.3. The average molecular weight is 239 g/mol. The first kappa shape index (κ1) is 11.9. The fourth-order valence-corrected chi connectivity index (χ4v) is 2.12. The standard InChI is InChI=1S/C12H14FNO3/c1-17-9-6-7(2-3-8(9)13)12(4-5-12)10(14)11(15)16/h2-3,6,10H,4-5,14H2,1H3,(H,15,16). The highest BCUT2D eigenvalue weighted by atomic mass is 19.1. The van der Waals surface area contributed by atoms with Crippen molar-refractivity contribution in [2.45, 2.75) is 24.3 Å². The zero-order valence-electron chi connectivity index (χ0n) is 9.44. The van der Waals surface area contributed by atoms with Gasteiger partial charge in [0, 0.05) is 5.41 Å². The van der Waals surface area contributed by atoms with E-state index >= 15 is 0 Å². The summed E-state index contributed by atoms with van der Waals surface area (Å²) >= 11 is 0. The molecule has 0 bridgehead atoms. The van der Waals surface area contributed by atoms with E-state index in [1.807, 2.05) is 0 Å². The van der Waals surface area contributed by atoms with Crippen molar-refractivity contribution in [2.24, 2.45) is 5.73 Å². The van der Waals surface area contributed by atoms with Crippen LogP contribution in [0.3, 0.4) is 0 Å². The summed E-state index contributed by atoms with van der Waals surface area (Å²) in [4.78, 5) is 11.0. The number of aliphatic carboxylic acids is 1. The monoisotopic (exact) mass is 239 g/mol. The zero-order valence-corrected chi connectivity index (χ0v) is 9.44. The molecule has 0 aliphatic heterocycles. The Bertz CT molecular complexity index is 457. The Kier molecular flexibility index (Phi) is 2.79. The van der Waals surface area contributed by atoms with E-state index in [-0.39, 0.29) is 5.75 Å². The Balaban J connectivity index is 2.37. The Morgan fingerprint density at radius 3 is 2.71 bits per heavy atom. The van der Waals surface area contributed by atoms with Crippen LogP contribution in [0.25, 0.3) is 0 Å². The normalized spacial score (nSPS) is 18.5. The van der Waals surface area contributed by atoms with Gasteiger partial charge in [-0.3, -0.25) is 4.79 Å². The van der Waals surface area contributed by atoms with Crippen LogP contribution in [0.1, 0.15) is 18.4 Å². The van der Waals surface area contributed by atoms with Crippen LogP contribution in [0, 0.1) is 5.82 Å². The first-order chi connectivity index (χ1) is 8.01. The summed E-state index contributed by atoms with van der Waals surface area (Å²) in [7, 11) is 1.37. The molecule has 1 atom stereocenters. The van der Waals surface area contributed by atoms with Gasteiger partial charge < -0.3 is 15.6 Å². The fourth-order valence-electron chi connectivity index (χ4n) is 2.12. The highest BCUT2D eigenvalue weighted by Crippen LogP contribution is 2.51. The van der Waals surface area contributed by atoms with Gasteiger partial charge in [-0.1, -0.05) is 6.07 Å². The van der Waals surface area contributed by atoms with Crippen molar-refractivity contribution in [1.82, 2.24) is 0 Å². The van der Waals surface area contributed by atoms with Gasteiger partial charge in [-0.2, -0.15) is 0 Å². The van der Waals surface area contributed by atoms with Crippen LogP contribution >= 0.6 is 0 Å². The Hall–Kier alpha value is -1.62. The van der Waals surface area contributed by atoms with Crippen LogP contribution < -0.4 is 10.5 Å². The molecule has 1 fully saturated rings. The lowest BCUT2D eigenvalue weighted by molar-refractivity contribution is -0.139. The maximum Gasteiger partial charge on any atom is 0.321 e. The van der Waals surface area contributed by atoms with E-state index in [0.29, 0.717) is 12.8 Å². The molecule has 0 amide bonds. The average Bonchev–Trinajstić information content (AvgIpc) is 3.10. The zero-order chi connectivity index (χ0) is 12.6. The third-order valence-corrected chi connectivity index (χ3v) is 3.38. The molecule has 1 aliphatic carbocycles. The van der Waals surface area contributed by atoms with Crippen LogP contribution in [0.2, 0.25) is 0 Å². The molecule has 0 saturated heterocycles. The second-order valence-corrected chi connectivity index (χ2v) is 4.32. The molecule has 0 radical (unpaired) electrons. The first-order valence-corrected chi connectivity index (χ1v) is 5.33. The molecule has 5 heteroatoms. The molecule has 1 aliphatic rings. The molecule has 1 saturated carbocycles. The van der Waals surface area contributed by atoms with Gasteiger partial charge in [-0.15, -0.1) is 0 Å². The fraction of sp³-hybridized carbons (Fsp3) is 0.417. The summed E-state index contributed by atoms with van der Waals surface area (Å²) in [6, 6.07) is 3.43. The predicted molar refractivity (Wildman–Crippen MR) is 59.5 cm³/mol. The molecule has 1 aromatic carbocycles. The summed E-state index contributed by atoms with van der Waals surface area (Å²) in [5, 5.41) is 8.97.